The lowest BCUT2D eigenvalue weighted by Gasteiger charge is -2.14. The highest BCUT2D eigenvalue weighted by molar-refractivity contribution is 9.10. The summed E-state index contributed by atoms with van der Waals surface area (Å²) in [6.07, 6.45) is 2.19. The smallest absolute Gasteiger partial charge is 0.136 e. The summed E-state index contributed by atoms with van der Waals surface area (Å²) >= 11 is 3.52. The molecule has 0 saturated heterocycles. The fraction of sp³-hybridized carbons (Fsp3) is 0.417. The Labute approximate surface area is 98.8 Å². The van der Waals surface area contributed by atoms with Crippen LogP contribution in [-0.2, 0) is 11.2 Å². The monoisotopic (exact) mass is 270 g/mol. The molecule has 0 saturated carbocycles. The summed E-state index contributed by atoms with van der Waals surface area (Å²) in [4.78, 5) is 10.4. The van der Waals surface area contributed by atoms with Crippen LogP contribution in [0.2, 0.25) is 0 Å². The fourth-order valence-corrected chi connectivity index (χ4v) is 2.27. The number of hydrogen-bond acceptors (Lipinski definition) is 2. The maximum atomic E-state index is 10.4. The molecular weight excluding hydrogens is 256 g/mol. The number of aldehydes is 1. The zero-order valence-electron chi connectivity index (χ0n) is 9.26. The minimum Gasteiger partial charge on any atom is -0.495 e. The molecule has 0 aliphatic rings. The van der Waals surface area contributed by atoms with Crippen molar-refractivity contribution in [3.05, 3.63) is 27.2 Å². The van der Waals surface area contributed by atoms with Crippen molar-refractivity contribution in [3.63, 3.8) is 0 Å². The van der Waals surface area contributed by atoms with Gasteiger partial charge in [0.25, 0.3) is 0 Å². The molecule has 0 spiro atoms. The highest BCUT2D eigenvalue weighted by Gasteiger charge is 2.11. The van der Waals surface area contributed by atoms with E-state index in [0.717, 1.165) is 28.5 Å². The van der Waals surface area contributed by atoms with Crippen molar-refractivity contribution in [1.82, 2.24) is 0 Å². The van der Waals surface area contributed by atoms with Crippen LogP contribution >= 0.6 is 15.9 Å². The molecule has 15 heavy (non-hydrogen) atoms. The van der Waals surface area contributed by atoms with Crippen molar-refractivity contribution < 1.29 is 9.53 Å². The van der Waals surface area contributed by atoms with Gasteiger partial charge in [-0.15, -0.1) is 0 Å². The second-order valence-corrected chi connectivity index (χ2v) is 4.32. The van der Waals surface area contributed by atoms with Crippen LogP contribution in [0.3, 0.4) is 0 Å². The van der Waals surface area contributed by atoms with Gasteiger partial charge in [0.2, 0.25) is 0 Å². The first-order valence-electron chi connectivity index (χ1n) is 4.88. The van der Waals surface area contributed by atoms with Crippen molar-refractivity contribution in [3.8, 4) is 5.75 Å². The summed E-state index contributed by atoms with van der Waals surface area (Å²) in [6, 6.07) is 2.09. The van der Waals surface area contributed by atoms with Crippen LogP contribution in [0, 0.1) is 13.8 Å². The number of aryl methyl sites for hydroxylation is 2. The molecule has 3 heteroatoms. The van der Waals surface area contributed by atoms with Gasteiger partial charge in [0.15, 0.2) is 0 Å². The second-order valence-electron chi connectivity index (χ2n) is 3.53. The summed E-state index contributed by atoms with van der Waals surface area (Å²) < 4.78 is 6.34. The largest absolute Gasteiger partial charge is 0.495 e. The zero-order chi connectivity index (χ0) is 11.4. The molecule has 1 rings (SSSR count). The summed E-state index contributed by atoms with van der Waals surface area (Å²) in [5.74, 6) is 0.847. The molecule has 0 aliphatic carbocycles. The predicted octanol–water partition coefficient (Wildman–Crippen LogP) is 3.21. The van der Waals surface area contributed by atoms with Gasteiger partial charge in [-0.1, -0.05) is 6.07 Å². The number of carbonyl (C=O) groups excluding carboxylic acids is 1. The lowest BCUT2D eigenvalue weighted by Crippen LogP contribution is -1.98. The first-order valence-corrected chi connectivity index (χ1v) is 5.67. The molecule has 0 aliphatic heterocycles. The first kappa shape index (κ1) is 12.2. The molecule has 0 unspecified atom stereocenters. The van der Waals surface area contributed by atoms with E-state index in [9.17, 15) is 4.79 Å². The molecule has 1 aromatic carbocycles. The van der Waals surface area contributed by atoms with Gasteiger partial charge in [-0.05, 0) is 52.9 Å². The Balaban J connectivity index is 3.19. The summed E-state index contributed by atoms with van der Waals surface area (Å²) in [5, 5.41) is 0. The Hall–Kier alpha value is -0.830. The minimum absolute atomic E-state index is 0.533. The number of methoxy groups -OCH3 is 1. The van der Waals surface area contributed by atoms with E-state index >= 15 is 0 Å². The summed E-state index contributed by atoms with van der Waals surface area (Å²) in [7, 11) is 1.65. The van der Waals surface area contributed by atoms with E-state index in [4.69, 9.17) is 4.74 Å². The highest BCUT2D eigenvalue weighted by atomic mass is 79.9. The number of carbonyl (C=O) groups is 1. The third kappa shape index (κ3) is 2.59. The van der Waals surface area contributed by atoms with Gasteiger partial charge in [-0.2, -0.15) is 0 Å². The molecule has 0 atom stereocenters. The van der Waals surface area contributed by atoms with Crippen molar-refractivity contribution in [2.24, 2.45) is 0 Å². The minimum atomic E-state index is 0.533. The third-order valence-corrected chi connectivity index (χ3v) is 3.49. The van der Waals surface area contributed by atoms with E-state index in [0.29, 0.717) is 6.42 Å². The Kier molecular flexibility index (Phi) is 4.33. The van der Waals surface area contributed by atoms with E-state index in [1.165, 1.54) is 11.1 Å². The molecule has 82 valence electrons. The Morgan fingerprint density at radius 3 is 2.67 bits per heavy atom. The summed E-state index contributed by atoms with van der Waals surface area (Å²) in [5.41, 5.74) is 3.48. The summed E-state index contributed by atoms with van der Waals surface area (Å²) in [6.45, 7) is 4.11. The van der Waals surface area contributed by atoms with Crippen LogP contribution in [0.5, 0.6) is 5.75 Å². The maximum Gasteiger partial charge on any atom is 0.136 e. The molecule has 0 N–H and O–H groups in total. The number of halogens is 1. The normalized spacial score (nSPS) is 10.1. The average Bonchev–Trinajstić information content (AvgIpc) is 2.23. The average molecular weight is 271 g/mol. The van der Waals surface area contributed by atoms with Crippen molar-refractivity contribution >= 4 is 22.2 Å². The van der Waals surface area contributed by atoms with Gasteiger partial charge < -0.3 is 9.53 Å². The second kappa shape index (κ2) is 5.31. The van der Waals surface area contributed by atoms with E-state index < -0.39 is 0 Å². The Morgan fingerprint density at radius 1 is 1.47 bits per heavy atom. The lowest BCUT2D eigenvalue weighted by molar-refractivity contribution is -0.107. The molecule has 0 heterocycles. The van der Waals surface area contributed by atoms with Crippen LogP contribution in [0.4, 0.5) is 0 Å². The molecule has 0 radical (unpaired) electrons. The molecule has 1 aromatic rings. The van der Waals surface area contributed by atoms with Gasteiger partial charge in [0, 0.05) is 6.42 Å². The molecule has 0 aromatic heterocycles. The SMILES string of the molecule is COc1c(CCC=O)cc(C)c(C)c1Br. The highest BCUT2D eigenvalue weighted by Crippen LogP contribution is 2.34. The van der Waals surface area contributed by atoms with Crippen molar-refractivity contribution in [2.45, 2.75) is 26.7 Å². The molecule has 0 amide bonds. The Bertz CT molecular complexity index is 372. The van der Waals surface area contributed by atoms with Gasteiger partial charge in [0.05, 0.1) is 11.6 Å². The molecule has 2 nitrogen and oxygen atoms in total. The first-order chi connectivity index (χ1) is 7.11. The number of rotatable bonds is 4. The zero-order valence-corrected chi connectivity index (χ0v) is 10.8. The van der Waals surface area contributed by atoms with Gasteiger partial charge >= 0.3 is 0 Å². The maximum absolute atomic E-state index is 10.4. The Morgan fingerprint density at radius 2 is 2.13 bits per heavy atom. The van der Waals surface area contributed by atoms with Crippen molar-refractivity contribution in [1.29, 1.82) is 0 Å². The molecule has 0 bridgehead atoms. The van der Waals surface area contributed by atoms with E-state index in [2.05, 4.69) is 28.9 Å². The van der Waals surface area contributed by atoms with Crippen molar-refractivity contribution in [2.75, 3.05) is 7.11 Å². The standard InChI is InChI=1S/C12H15BrO2/c1-8-7-10(5-4-6-14)12(15-3)11(13)9(8)2/h6-7H,4-5H2,1-3H3. The quantitative estimate of drug-likeness (QED) is 0.786. The van der Waals surface area contributed by atoms with Gasteiger partial charge in [-0.3, -0.25) is 0 Å². The molecular formula is C12H15BrO2. The van der Waals surface area contributed by atoms with Crippen LogP contribution in [0.1, 0.15) is 23.1 Å². The number of benzene rings is 1. The lowest BCUT2D eigenvalue weighted by atomic mass is 10.0. The van der Waals surface area contributed by atoms with Crippen LogP contribution in [-0.4, -0.2) is 13.4 Å². The number of ether oxygens (including phenoxy) is 1. The van der Waals surface area contributed by atoms with Crippen LogP contribution in [0.25, 0.3) is 0 Å². The fourth-order valence-electron chi connectivity index (χ4n) is 1.54. The predicted molar refractivity (Wildman–Crippen MR) is 64.6 cm³/mol. The number of hydrogen-bond donors (Lipinski definition) is 0. The van der Waals surface area contributed by atoms with E-state index in [1.54, 1.807) is 7.11 Å². The van der Waals surface area contributed by atoms with Gasteiger partial charge in [-0.25, -0.2) is 0 Å². The van der Waals surface area contributed by atoms with Gasteiger partial charge in [0.1, 0.15) is 12.0 Å². The third-order valence-electron chi connectivity index (χ3n) is 2.54. The topological polar surface area (TPSA) is 26.3 Å². The van der Waals surface area contributed by atoms with E-state index in [-0.39, 0.29) is 0 Å². The van der Waals surface area contributed by atoms with E-state index in [1.807, 2.05) is 6.92 Å². The van der Waals surface area contributed by atoms with Crippen LogP contribution < -0.4 is 4.74 Å². The molecule has 0 fully saturated rings. The van der Waals surface area contributed by atoms with Crippen LogP contribution in [0.15, 0.2) is 10.5 Å².